The molecule has 1 saturated heterocycles. The van der Waals surface area contributed by atoms with Crippen LogP contribution in [0.2, 0.25) is 0 Å². The maximum absolute atomic E-state index is 8.74. The quantitative estimate of drug-likeness (QED) is 0.563. The molecule has 98 valence electrons. The SMILES string of the molecule is C=C(C#N)/C=C(/C)N(C)C1CCN(C(=C)C)CC1. The van der Waals surface area contributed by atoms with E-state index in [1.165, 1.54) is 0 Å². The molecule has 0 radical (unpaired) electrons. The topological polar surface area (TPSA) is 30.3 Å². The third-order valence-corrected chi connectivity index (χ3v) is 3.64. The van der Waals surface area contributed by atoms with Crippen LogP contribution in [-0.4, -0.2) is 36.0 Å². The summed E-state index contributed by atoms with van der Waals surface area (Å²) >= 11 is 0. The Bertz CT molecular complexity index is 392. The standard InChI is InChI=1S/C15H23N3/c1-12(2)18-8-6-15(7-9-18)17(5)14(4)10-13(3)11-16/h10,15H,1,3,6-9H2,2,4-5H3/b14-10-. The molecular formula is C15H23N3. The van der Waals surface area contributed by atoms with Crippen molar-refractivity contribution in [2.45, 2.75) is 32.7 Å². The fraction of sp³-hybridized carbons (Fsp3) is 0.533. The van der Waals surface area contributed by atoms with Gasteiger partial charge in [-0.3, -0.25) is 0 Å². The van der Waals surface area contributed by atoms with Gasteiger partial charge >= 0.3 is 0 Å². The van der Waals surface area contributed by atoms with E-state index in [0.717, 1.165) is 37.3 Å². The van der Waals surface area contributed by atoms with Crippen LogP contribution in [0.5, 0.6) is 0 Å². The van der Waals surface area contributed by atoms with E-state index < -0.39 is 0 Å². The van der Waals surface area contributed by atoms with E-state index in [9.17, 15) is 0 Å². The highest BCUT2D eigenvalue weighted by Crippen LogP contribution is 2.21. The summed E-state index contributed by atoms with van der Waals surface area (Å²) in [5.41, 5.74) is 2.77. The molecule has 0 aromatic carbocycles. The van der Waals surface area contributed by atoms with Gasteiger partial charge in [-0.25, -0.2) is 0 Å². The first kappa shape index (κ1) is 14.4. The number of likely N-dealkylation sites (tertiary alicyclic amines) is 1. The lowest BCUT2D eigenvalue weighted by Gasteiger charge is -2.39. The molecule has 1 aliphatic heterocycles. The summed E-state index contributed by atoms with van der Waals surface area (Å²) in [7, 11) is 2.09. The molecular weight excluding hydrogens is 222 g/mol. The molecule has 0 spiro atoms. The van der Waals surface area contributed by atoms with Crippen molar-refractivity contribution in [2.24, 2.45) is 0 Å². The Morgan fingerprint density at radius 1 is 1.33 bits per heavy atom. The Morgan fingerprint density at radius 2 is 1.89 bits per heavy atom. The molecule has 0 aromatic heterocycles. The van der Waals surface area contributed by atoms with Crippen molar-refractivity contribution in [2.75, 3.05) is 20.1 Å². The van der Waals surface area contributed by atoms with Crippen LogP contribution in [-0.2, 0) is 0 Å². The normalized spacial score (nSPS) is 17.2. The predicted molar refractivity (Wildman–Crippen MR) is 75.7 cm³/mol. The Balaban J connectivity index is 2.57. The van der Waals surface area contributed by atoms with Crippen molar-refractivity contribution in [3.8, 4) is 6.07 Å². The first-order valence-corrected chi connectivity index (χ1v) is 6.36. The summed E-state index contributed by atoms with van der Waals surface area (Å²) in [5, 5.41) is 8.74. The molecule has 0 atom stereocenters. The molecule has 3 nitrogen and oxygen atoms in total. The summed E-state index contributed by atoms with van der Waals surface area (Å²) in [4.78, 5) is 4.59. The van der Waals surface area contributed by atoms with E-state index >= 15 is 0 Å². The van der Waals surface area contributed by atoms with Crippen molar-refractivity contribution in [3.05, 3.63) is 36.2 Å². The Labute approximate surface area is 111 Å². The number of hydrogen-bond donors (Lipinski definition) is 0. The molecule has 3 heteroatoms. The molecule has 1 fully saturated rings. The number of nitrogens with zero attached hydrogens (tertiary/aromatic N) is 3. The molecule has 0 aromatic rings. The molecule has 1 heterocycles. The van der Waals surface area contributed by atoms with Crippen LogP contribution in [0, 0.1) is 11.3 Å². The molecule has 0 unspecified atom stereocenters. The van der Waals surface area contributed by atoms with Gasteiger partial charge in [0.25, 0.3) is 0 Å². The second kappa shape index (κ2) is 6.30. The fourth-order valence-electron chi connectivity index (χ4n) is 2.31. The zero-order valence-electron chi connectivity index (χ0n) is 11.7. The summed E-state index contributed by atoms with van der Waals surface area (Å²) in [6.07, 6.45) is 4.12. The molecule has 0 aliphatic carbocycles. The van der Waals surface area contributed by atoms with Crippen LogP contribution in [0.25, 0.3) is 0 Å². The molecule has 0 N–H and O–H groups in total. The average Bonchev–Trinajstić information content (AvgIpc) is 2.37. The maximum atomic E-state index is 8.74. The van der Waals surface area contributed by atoms with Gasteiger partial charge in [0.2, 0.25) is 0 Å². The highest BCUT2D eigenvalue weighted by atomic mass is 15.2. The van der Waals surface area contributed by atoms with Gasteiger partial charge in [0.05, 0.1) is 6.07 Å². The summed E-state index contributed by atoms with van der Waals surface area (Å²) < 4.78 is 0. The number of nitriles is 1. The van der Waals surface area contributed by atoms with E-state index in [1.807, 2.05) is 13.0 Å². The van der Waals surface area contributed by atoms with Gasteiger partial charge < -0.3 is 9.80 Å². The molecule has 1 aliphatic rings. The van der Waals surface area contributed by atoms with Gasteiger partial charge in [-0.2, -0.15) is 5.26 Å². The van der Waals surface area contributed by atoms with Gasteiger partial charge in [0.1, 0.15) is 0 Å². The van der Waals surface area contributed by atoms with Crippen molar-refractivity contribution in [3.63, 3.8) is 0 Å². The van der Waals surface area contributed by atoms with Crippen LogP contribution in [0.1, 0.15) is 26.7 Å². The largest absolute Gasteiger partial charge is 0.375 e. The average molecular weight is 245 g/mol. The molecule has 1 rings (SSSR count). The van der Waals surface area contributed by atoms with Crippen LogP contribution in [0.15, 0.2) is 36.2 Å². The van der Waals surface area contributed by atoms with E-state index in [0.29, 0.717) is 11.6 Å². The van der Waals surface area contributed by atoms with Gasteiger partial charge in [0.15, 0.2) is 0 Å². The highest BCUT2D eigenvalue weighted by molar-refractivity contribution is 5.31. The first-order valence-electron chi connectivity index (χ1n) is 6.36. The highest BCUT2D eigenvalue weighted by Gasteiger charge is 2.22. The number of hydrogen-bond acceptors (Lipinski definition) is 3. The minimum Gasteiger partial charge on any atom is -0.375 e. The van der Waals surface area contributed by atoms with Gasteiger partial charge in [-0.15, -0.1) is 0 Å². The van der Waals surface area contributed by atoms with Crippen molar-refractivity contribution < 1.29 is 0 Å². The van der Waals surface area contributed by atoms with E-state index in [-0.39, 0.29) is 0 Å². The Morgan fingerprint density at radius 3 is 2.33 bits per heavy atom. The minimum atomic E-state index is 0.513. The van der Waals surface area contributed by atoms with Gasteiger partial charge in [-0.05, 0) is 32.8 Å². The van der Waals surface area contributed by atoms with E-state index in [1.54, 1.807) is 0 Å². The lowest BCUT2D eigenvalue weighted by atomic mass is 10.0. The lowest BCUT2D eigenvalue weighted by Crippen LogP contribution is -2.41. The second-order valence-corrected chi connectivity index (χ2v) is 4.99. The van der Waals surface area contributed by atoms with Gasteiger partial charge in [-0.1, -0.05) is 13.2 Å². The lowest BCUT2D eigenvalue weighted by molar-refractivity contribution is 0.176. The maximum Gasteiger partial charge on any atom is 0.0985 e. The van der Waals surface area contributed by atoms with Gasteiger partial charge in [0, 0.05) is 43.1 Å². The molecule has 0 saturated carbocycles. The summed E-state index contributed by atoms with van der Waals surface area (Å²) in [6, 6.07) is 2.60. The summed E-state index contributed by atoms with van der Waals surface area (Å²) in [5.74, 6) is 0. The number of rotatable bonds is 4. The second-order valence-electron chi connectivity index (χ2n) is 4.99. The van der Waals surface area contributed by atoms with E-state index in [4.69, 9.17) is 5.26 Å². The molecule has 18 heavy (non-hydrogen) atoms. The van der Waals surface area contributed by atoms with Crippen LogP contribution < -0.4 is 0 Å². The Hall–Kier alpha value is -1.69. The van der Waals surface area contributed by atoms with Crippen molar-refractivity contribution >= 4 is 0 Å². The minimum absolute atomic E-state index is 0.513. The third-order valence-electron chi connectivity index (χ3n) is 3.64. The van der Waals surface area contributed by atoms with Crippen molar-refractivity contribution in [1.29, 1.82) is 5.26 Å². The van der Waals surface area contributed by atoms with Crippen LogP contribution >= 0.6 is 0 Å². The predicted octanol–water partition coefficient (Wildman–Crippen LogP) is 2.90. The molecule has 0 amide bonds. The third kappa shape index (κ3) is 3.66. The van der Waals surface area contributed by atoms with Crippen molar-refractivity contribution in [1.82, 2.24) is 9.80 Å². The zero-order chi connectivity index (χ0) is 13.7. The molecule has 0 bridgehead atoms. The van der Waals surface area contributed by atoms with E-state index in [2.05, 4.69) is 43.0 Å². The van der Waals surface area contributed by atoms with Crippen LogP contribution in [0.4, 0.5) is 0 Å². The monoisotopic (exact) mass is 245 g/mol. The number of allylic oxidation sites excluding steroid dienone is 4. The number of piperidine rings is 1. The fourth-order valence-corrected chi connectivity index (χ4v) is 2.31. The first-order chi connectivity index (χ1) is 8.45. The zero-order valence-corrected chi connectivity index (χ0v) is 11.7. The summed E-state index contributed by atoms with van der Waals surface area (Å²) in [6.45, 7) is 13.9. The Kier molecular flexibility index (Phi) is 5.03. The smallest absolute Gasteiger partial charge is 0.0985 e. The van der Waals surface area contributed by atoms with Crippen LogP contribution in [0.3, 0.4) is 0 Å².